The van der Waals surface area contributed by atoms with Gasteiger partial charge in [0.25, 0.3) is 5.91 Å². The molecule has 1 heterocycles. The molecule has 2 unspecified atom stereocenters. The van der Waals surface area contributed by atoms with Crippen molar-refractivity contribution in [2.24, 2.45) is 11.7 Å². The quantitative estimate of drug-likeness (QED) is 0.615. The van der Waals surface area contributed by atoms with Gasteiger partial charge in [0.2, 0.25) is 5.91 Å². The summed E-state index contributed by atoms with van der Waals surface area (Å²) < 4.78 is 0. The maximum absolute atomic E-state index is 12.4. The van der Waals surface area contributed by atoms with E-state index >= 15 is 0 Å². The number of carbonyl (C=O) groups is 3. The molecule has 0 aromatic heterocycles. The Bertz CT molecular complexity index is 462. The number of imide groups is 1. The Labute approximate surface area is 131 Å². The van der Waals surface area contributed by atoms with Crippen molar-refractivity contribution in [3.8, 4) is 0 Å². The van der Waals surface area contributed by atoms with E-state index in [9.17, 15) is 14.4 Å². The molecule has 2 rings (SSSR count). The van der Waals surface area contributed by atoms with Crippen LogP contribution in [0, 0.1) is 5.92 Å². The Hall–Kier alpha value is -1.63. The molecule has 2 atom stereocenters. The van der Waals surface area contributed by atoms with E-state index < -0.39 is 11.6 Å². The van der Waals surface area contributed by atoms with Gasteiger partial charge in [0.15, 0.2) is 0 Å². The van der Waals surface area contributed by atoms with Gasteiger partial charge < -0.3 is 16.4 Å². The van der Waals surface area contributed by atoms with E-state index in [4.69, 9.17) is 5.73 Å². The molecule has 4 N–H and O–H groups in total. The van der Waals surface area contributed by atoms with Crippen LogP contribution in [0.1, 0.15) is 46.0 Å². The van der Waals surface area contributed by atoms with E-state index in [2.05, 4.69) is 10.6 Å². The molecule has 124 valence electrons. The van der Waals surface area contributed by atoms with Gasteiger partial charge in [-0.15, -0.1) is 0 Å². The Kier molecular flexibility index (Phi) is 5.05. The van der Waals surface area contributed by atoms with Crippen LogP contribution in [0.5, 0.6) is 0 Å². The zero-order valence-electron chi connectivity index (χ0n) is 13.4. The summed E-state index contributed by atoms with van der Waals surface area (Å²) >= 11 is 0. The van der Waals surface area contributed by atoms with Crippen molar-refractivity contribution in [2.45, 2.75) is 57.5 Å². The second kappa shape index (κ2) is 6.64. The molecule has 0 bridgehead atoms. The van der Waals surface area contributed by atoms with Crippen molar-refractivity contribution in [1.82, 2.24) is 15.5 Å². The summed E-state index contributed by atoms with van der Waals surface area (Å²) in [4.78, 5) is 37.6. The number of urea groups is 1. The molecule has 2 fully saturated rings. The van der Waals surface area contributed by atoms with Gasteiger partial charge in [-0.25, -0.2) is 4.79 Å². The van der Waals surface area contributed by atoms with Crippen LogP contribution >= 0.6 is 0 Å². The van der Waals surface area contributed by atoms with Gasteiger partial charge in [-0.3, -0.25) is 14.5 Å². The molecule has 1 saturated heterocycles. The molecule has 22 heavy (non-hydrogen) atoms. The number of nitrogens with one attached hydrogen (secondary N) is 2. The third-order valence-electron chi connectivity index (χ3n) is 5.06. The largest absolute Gasteiger partial charge is 0.351 e. The molecule has 1 aliphatic carbocycles. The minimum absolute atomic E-state index is 0.0559. The van der Waals surface area contributed by atoms with E-state index in [1.54, 1.807) is 0 Å². The van der Waals surface area contributed by atoms with Crippen molar-refractivity contribution in [3.05, 3.63) is 0 Å². The molecule has 0 aromatic carbocycles. The zero-order chi connectivity index (χ0) is 16.3. The lowest BCUT2D eigenvalue weighted by Crippen LogP contribution is -2.48. The summed E-state index contributed by atoms with van der Waals surface area (Å²) in [7, 11) is 0. The summed E-state index contributed by atoms with van der Waals surface area (Å²) in [5, 5.41) is 5.64. The lowest BCUT2D eigenvalue weighted by atomic mass is 9.93. The number of hydrogen-bond donors (Lipinski definition) is 3. The lowest BCUT2D eigenvalue weighted by Gasteiger charge is -2.23. The molecule has 7 nitrogen and oxygen atoms in total. The van der Waals surface area contributed by atoms with Crippen LogP contribution in [0.15, 0.2) is 0 Å². The average Bonchev–Trinajstić information content (AvgIpc) is 3.04. The number of carbonyl (C=O) groups excluding carboxylic acids is 3. The van der Waals surface area contributed by atoms with Crippen LogP contribution < -0.4 is 16.4 Å². The molecule has 1 saturated carbocycles. The molecule has 0 radical (unpaired) electrons. The van der Waals surface area contributed by atoms with Gasteiger partial charge >= 0.3 is 6.03 Å². The van der Waals surface area contributed by atoms with E-state index in [0.717, 1.165) is 24.2 Å². The topological polar surface area (TPSA) is 105 Å². The first-order chi connectivity index (χ1) is 10.5. The van der Waals surface area contributed by atoms with Crippen molar-refractivity contribution in [1.29, 1.82) is 0 Å². The predicted molar refractivity (Wildman–Crippen MR) is 81.9 cm³/mol. The van der Waals surface area contributed by atoms with Gasteiger partial charge in [0.1, 0.15) is 12.1 Å². The summed E-state index contributed by atoms with van der Waals surface area (Å²) in [6, 6.07) is -0.425. The summed E-state index contributed by atoms with van der Waals surface area (Å²) in [5.74, 6) is -0.311. The van der Waals surface area contributed by atoms with E-state index in [1.807, 2.05) is 13.8 Å². The molecule has 4 amide bonds. The lowest BCUT2D eigenvalue weighted by molar-refractivity contribution is -0.135. The molecule has 1 aliphatic heterocycles. The fourth-order valence-corrected chi connectivity index (χ4v) is 3.45. The highest BCUT2D eigenvalue weighted by Gasteiger charge is 2.49. The van der Waals surface area contributed by atoms with Crippen LogP contribution in [0.2, 0.25) is 0 Å². The summed E-state index contributed by atoms with van der Waals surface area (Å²) in [6.07, 6.45) is 4.00. The van der Waals surface area contributed by atoms with Gasteiger partial charge in [-0.2, -0.15) is 0 Å². The minimum Gasteiger partial charge on any atom is -0.351 e. The van der Waals surface area contributed by atoms with Gasteiger partial charge in [0, 0.05) is 6.04 Å². The molecule has 2 aliphatic rings. The van der Waals surface area contributed by atoms with Crippen LogP contribution in [-0.4, -0.2) is 47.4 Å². The number of hydrogen-bond acceptors (Lipinski definition) is 4. The molecule has 7 heteroatoms. The van der Waals surface area contributed by atoms with E-state index in [1.165, 1.54) is 0 Å². The van der Waals surface area contributed by atoms with E-state index in [0.29, 0.717) is 19.4 Å². The van der Waals surface area contributed by atoms with Crippen molar-refractivity contribution in [3.63, 3.8) is 0 Å². The highest BCUT2D eigenvalue weighted by molar-refractivity contribution is 6.08. The molecule has 0 aromatic rings. The van der Waals surface area contributed by atoms with E-state index in [-0.39, 0.29) is 30.3 Å². The fraction of sp³-hybridized carbons (Fsp3) is 0.800. The highest BCUT2D eigenvalue weighted by atomic mass is 16.2. The zero-order valence-corrected chi connectivity index (χ0v) is 13.4. The molecule has 0 spiro atoms. The highest BCUT2D eigenvalue weighted by Crippen LogP contribution is 2.26. The number of amides is 4. The monoisotopic (exact) mass is 310 g/mol. The molecular formula is C15H26N4O3. The maximum Gasteiger partial charge on any atom is 0.325 e. The Balaban J connectivity index is 1.97. The minimum atomic E-state index is -0.857. The van der Waals surface area contributed by atoms with Gasteiger partial charge in [-0.1, -0.05) is 20.3 Å². The second-order valence-corrected chi connectivity index (χ2v) is 6.21. The van der Waals surface area contributed by atoms with Crippen LogP contribution in [0.4, 0.5) is 4.79 Å². The molecular weight excluding hydrogens is 284 g/mol. The third kappa shape index (κ3) is 2.95. The number of nitrogens with two attached hydrogens (primary N) is 1. The van der Waals surface area contributed by atoms with Crippen LogP contribution in [0.25, 0.3) is 0 Å². The van der Waals surface area contributed by atoms with Crippen molar-refractivity contribution >= 4 is 17.8 Å². The van der Waals surface area contributed by atoms with Crippen LogP contribution in [0.3, 0.4) is 0 Å². The second-order valence-electron chi connectivity index (χ2n) is 6.21. The number of nitrogens with zero attached hydrogens (tertiary/aromatic N) is 1. The average molecular weight is 310 g/mol. The Morgan fingerprint density at radius 2 is 2.05 bits per heavy atom. The Morgan fingerprint density at radius 3 is 2.59 bits per heavy atom. The normalized spacial score (nSPS) is 27.1. The summed E-state index contributed by atoms with van der Waals surface area (Å²) in [5.41, 5.74) is 4.84. The predicted octanol–water partition coefficient (Wildman–Crippen LogP) is 0.341. The smallest absolute Gasteiger partial charge is 0.325 e. The Morgan fingerprint density at radius 1 is 1.36 bits per heavy atom. The van der Waals surface area contributed by atoms with Crippen molar-refractivity contribution < 1.29 is 14.4 Å². The first kappa shape index (κ1) is 16.7. The number of rotatable bonds is 6. The van der Waals surface area contributed by atoms with Crippen molar-refractivity contribution in [2.75, 3.05) is 13.1 Å². The van der Waals surface area contributed by atoms with Gasteiger partial charge in [-0.05, 0) is 38.1 Å². The first-order valence-corrected chi connectivity index (χ1v) is 8.11. The SMILES string of the molecule is CCC1(CC)NC(=O)N(CC(=O)NC2CCCC2CN)C1=O. The maximum atomic E-state index is 12.4. The summed E-state index contributed by atoms with van der Waals surface area (Å²) in [6.45, 7) is 4.04. The standard InChI is InChI=1S/C15H26N4O3/c1-3-15(4-2)13(21)19(14(22)18-15)9-12(20)17-11-7-5-6-10(11)8-16/h10-11H,3-9,16H2,1-2H3,(H,17,20)(H,18,22). The van der Waals surface area contributed by atoms with Crippen LogP contribution in [-0.2, 0) is 9.59 Å². The first-order valence-electron chi connectivity index (χ1n) is 8.11. The van der Waals surface area contributed by atoms with Gasteiger partial charge in [0.05, 0.1) is 0 Å². The third-order valence-corrected chi connectivity index (χ3v) is 5.06. The fourth-order valence-electron chi connectivity index (χ4n) is 3.45.